The van der Waals surface area contributed by atoms with Gasteiger partial charge in [-0.1, -0.05) is 12.1 Å². The standard InChI is InChI=1S/C10H12FN3O3/c1-6(10(12)15)13-5-7-3-2-4-8(9(7)11)14(16)17/h2-4,6,13H,5H2,1H3,(H2,12,15). The minimum absolute atomic E-state index is 0.00236. The van der Waals surface area contributed by atoms with E-state index in [1.54, 1.807) is 0 Å². The molecule has 3 N–H and O–H groups in total. The van der Waals surface area contributed by atoms with Crippen molar-refractivity contribution in [1.29, 1.82) is 0 Å². The lowest BCUT2D eigenvalue weighted by Crippen LogP contribution is -2.38. The van der Waals surface area contributed by atoms with Gasteiger partial charge in [0.15, 0.2) is 0 Å². The third kappa shape index (κ3) is 3.22. The monoisotopic (exact) mass is 241 g/mol. The summed E-state index contributed by atoms with van der Waals surface area (Å²) in [6.07, 6.45) is 0. The molecule has 1 rings (SSSR count). The fourth-order valence-corrected chi connectivity index (χ4v) is 1.21. The van der Waals surface area contributed by atoms with Crippen LogP contribution in [0.3, 0.4) is 0 Å². The lowest BCUT2D eigenvalue weighted by molar-refractivity contribution is -0.387. The summed E-state index contributed by atoms with van der Waals surface area (Å²) in [5, 5.41) is 13.2. The fraction of sp³-hybridized carbons (Fsp3) is 0.300. The quantitative estimate of drug-likeness (QED) is 0.585. The number of carbonyl (C=O) groups excluding carboxylic acids is 1. The molecular formula is C10H12FN3O3. The van der Waals surface area contributed by atoms with Gasteiger partial charge in [0.25, 0.3) is 0 Å². The average Bonchev–Trinajstić information content (AvgIpc) is 2.26. The van der Waals surface area contributed by atoms with Gasteiger partial charge in [0.05, 0.1) is 11.0 Å². The molecule has 1 aromatic rings. The van der Waals surface area contributed by atoms with Crippen LogP contribution in [-0.4, -0.2) is 16.9 Å². The van der Waals surface area contributed by atoms with E-state index in [-0.39, 0.29) is 12.1 Å². The van der Waals surface area contributed by atoms with E-state index in [0.29, 0.717) is 0 Å². The summed E-state index contributed by atoms with van der Waals surface area (Å²) in [5.41, 5.74) is 4.54. The lowest BCUT2D eigenvalue weighted by Gasteiger charge is -2.10. The van der Waals surface area contributed by atoms with Gasteiger partial charge in [-0.25, -0.2) is 0 Å². The Hall–Kier alpha value is -2.02. The highest BCUT2D eigenvalue weighted by molar-refractivity contribution is 5.79. The van der Waals surface area contributed by atoms with Crippen LogP contribution in [0.4, 0.5) is 10.1 Å². The molecule has 1 aromatic carbocycles. The highest BCUT2D eigenvalue weighted by atomic mass is 19.1. The summed E-state index contributed by atoms with van der Waals surface area (Å²) in [4.78, 5) is 20.4. The highest BCUT2D eigenvalue weighted by Crippen LogP contribution is 2.19. The SMILES string of the molecule is CC(NCc1cccc([N+](=O)[O-])c1F)C(N)=O. The van der Waals surface area contributed by atoms with E-state index in [4.69, 9.17) is 5.73 Å². The molecular weight excluding hydrogens is 229 g/mol. The maximum Gasteiger partial charge on any atom is 0.305 e. The molecule has 6 nitrogen and oxygen atoms in total. The first-order valence-corrected chi connectivity index (χ1v) is 4.88. The predicted octanol–water partition coefficient (Wildman–Crippen LogP) is 0.697. The zero-order valence-corrected chi connectivity index (χ0v) is 9.14. The van der Waals surface area contributed by atoms with Crippen LogP contribution in [0.25, 0.3) is 0 Å². The molecule has 17 heavy (non-hydrogen) atoms. The molecule has 0 spiro atoms. The van der Waals surface area contributed by atoms with Gasteiger partial charge < -0.3 is 11.1 Å². The Labute approximate surface area is 96.8 Å². The Balaban J connectivity index is 2.82. The van der Waals surface area contributed by atoms with Crippen molar-refractivity contribution in [3.63, 3.8) is 0 Å². The van der Waals surface area contributed by atoms with Gasteiger partial charge in [-0.05, 0) is 6.92 Å². The molecule has 0 fully saturated rings. The molecule has 0 aliphatic carbocycles. The minimum Gasteiger partial charge on any atom is -0.368 e. The Morgan fingerprint density at radius 3 is 2.82 bits per heavy atom. The summed E-state index contributed by atoms with van der Waals surface area (Å²) < 4.78 is 13.6. The van der Waals surface area contributed by atoms with Crippen LogP contribution < -0.4 is 11.1 Å². The molecule has 1 amide bonds. The van der Waals surface area contributed by atoms with E-state index in [9.17, 15) is 19.3 Å². The number of nitrogens with two attached hydrogens (primary N) is 1. The van der Waals surface area contributed by atoms with E-state index in [1.165, 1.54) is 19.1 Å². The number of halogens is 1. The number of rotatable bonds is 5. The van der Waals surface area contributed by atoms with E-state index in [1.807, 2.05) is 0 Å². The zero-order chi connectivity index (χ0) is 13.0. The van der Waals surface area contributed by atoms with Crippen molar-refractivity contribution in [3.05, 3.63) is 39.7 Å². The van der Waals surface area contributed by atoms with Gasteiger partial charge in [0.1, 0.15) is 0 Å². The molecule has 0 bridgehead atoms. The average molecular weight is 241 g/mol. The minimum atomic E-state index is -0.901. The normalized spacial score (nSPS) is 12.1. The maximum absolute atomic E-state index is 13.6. The fourth-order valence-electron chi connectivity index (χ4n) is 1.21. The first kappa shape index (κ1) is 13.0. The van der Waals surface area contributed by atoms with Crippen molar-refractivity contribution >= 4 is 11.6 Å². The van der Waals surface area contributed by atoms with Crippen molar-refractivity contribution < 1.29 is 14.1 Å². The summed E-state index contributed by atoms with van der Waals surface area (Å²) in [5.74, 6) is -1.47. The molecule has 1 atom stereocenters. The molecule has 1 unspecified atom stereocenters. The zero-order valence-electron chi connectivity index (χ0n) is 9.14. The summed E-state index contributed by atoms with van der Waals surface area (Å²) in [7, 11) is 0. The maximum atomic E-state index is 13.6. The Kier molecular flexibility index (Phi) is 4.11. The molecule has 0 aliphatic heterocycles. The van der Waals surface area contributed by atoms with Crippen molar-refractivity contribution in [2.24, 2.45) is 5.73 Å². The topological polar surface area (TPSA) is 98.3 Å². The Morgan fingerprint density at radius 2 is 2.29 bits per heavy atom. The third-order valence-electron chi connectivity index (χ3n) is 2.28. The summed E-state index contributed by atoms with van der Waals surface area (Å²) in [6, 6.07) is 3.24. The molecule has 0 heterocycles. The summed E-state index contributed by atoms with van der Waals surface area (Å²) >= 11 is 0. The number of benzene rings is 1. The predicted molar refractivity (Wildman–Crippen MR) is 58.6 cm³/mol. The Morgan fingerprint density at radius 1 is 1.65 bits per heavy atom. The smallest absolute Gasteiger partial charge is 0.305 e. The van der Waals surface area contributed by atoms with Gasteiger partial charge >= 0.3 is 5.69 Å². The van der Waals surface area contributed by atoms with Crippen molar-refractivity contribution in [2.75, 3.05) is 0 Å². The van der Waals surface area contributed by atoms with Crippen LogP contribution in [0.2, 0.25) is 0 Å². The van der Waals surface area contributed by atoms with Crippen LogP contribution in [0.15, 0.2) is 18.2 Å². The number of carbonyl (C=O) groups is 1. The van der Waals surface area contributed by atoms with E-state index < -0.39 is 28.4 Å². The molecule has 0 radical (unpaired) electrons. The number of nitro benzene ring substituents is 1. The van der Waals surface area contributed by atoms with Gasteiger partial charge in [-0.2, -0.15) is 4.39 Å². The molecule has 0 aliphatic rings. The number of nitrogens with one attached hydrogen (secondary N) is 1. The largest absolute Gasteiger partial charge is 0.368 e. The number of hydrogen-bond acceptors (Lipinski definition) is 4. The second-order valence-corrected chi connectivity index (χ2v) is 3.51. The van der Waals surface area contributed by atoms with Crippen molar-refractivity contribution in [1.82, 2.24) is 5.32 Å². The molecule has 7 heteroatoms. The van der Waals surface area contributed by atoms with Gasteiger partial charge in [0.2, 0.25) is 11.7 Å². The van der Waals surface area contributed by atoms with Gasteiger partial charge in [0, 0.05) is 18.2 Å². The van der Waals surface area contributed by atoms with Crippen LogP contribution in [0.1, 0.15) is 12.5 Å². The molecule has 0 saturated heterocycles. The third-order valence-corrected chi connectivity index (χ3v) is 2.28. The van der Waals surface area contributed by atoms with Crippen LogP contribution in [0.5, 0.6) is 0 Å². The number of nitrogens with zero attached hydrogens (tertiary/aromatic N) is 1. The lowest BCUT2D eigenvalue weighted by atomic mass is 10.1. The van der Waals surface area contributed by atoms with E-state index >= 15 is 0 Å². The number of hydrogen-bond donors (Lipinski definition) is 2. The molecule has 92 valence electrons. The second kappa shape index (κ2) is 5.35. The summed E-state index contributed by atoms with van der Waals surface area (Å²) in [6.45, 7) is 1.52. The molecule has 0 aromatic heterocycles. The number of amides is 1. The van der Waals surface area contributed by atoms with Crippen LogP contribution in [0, 0.1) is 15.9 Å². The van der Waals surface area contributed by atoms with E-state index in [0.717, 1.165) is 6.07 Å². The number of nitro groups is 1. The van der Waals surface area contributed by atoms with Gasteiger partial charge in [-0.3, -0.25) is 14.9 Å². The van der Waals surface area contributed by atoms with Crippen molar-refractivity contribution in [2.45, 2.75) is 19.5 Å². The second-order valence-electron chi connectivity index (χ2n) is 3.51. The highest BCUT2D eigenvalue weighted by Gasteiger charge is 2.17. The first-order valence-electron chi connectivity index (χ1n) is 4.88. The van der Waals surface area contributed by atoms with Crippen LogP contribution >= 0.6 is 0 Å². The van der Waals surface area contributed by atoms with E-state index in [2.05, 4.69) is 5.32 Å². The first-order chi connectivity index (χ1) is 7.93. The van der Waals surface area contributed by atoms with Crippen molar-refractivity contribution in [3.8, 4) is 0 Å². The van der Waals surface area contributed by atoms with Crippen LogP contribution in [-0.2, 0) is 11.3 Å². The van der Waals surface area contributed by atoms with Gasteiger partial charge in [-0.15, -0.1) is 0 Å². The molecule has 0 saturated carbocycles. The number of primary amides is 1. The Bertz CT molecular complexity index is 450.